The number of nitrogens with one attached hydrogen (secondary N) is 1. The highest BCUT2D eigenvalue weighted by atomic mass is 35.5. The third-order valence-corrected chi connectivity index (χ3v) is 5.61. The molecule has 29 heavy (non-hydrogen) atoms. The van der Waals surface area contributed by atoms with Crippen molar-refractivity contribution in [3.05, 3.63) is 29.9 Å². The molecule has 0 spiro atoms. The first kappa shape index (κ1) is 19.9. The smallest absolute Gasteiger partial charge is 0.239 e. The van der Waals surface area contributed by atoms with Crippen LogP contribution in [-0.2, 0) is 4.79 Å². The van der Waals surface area contributed by atoms with Gasteiger partial charge in [0.2, 0.25) is 11.8 Å². The van der Waals surface area contributed by atoms with Crippen LogP contribution in [0.1, 0.15) is 30.1 Å². The summed E-state index contributed by atoms with van der Waals surface area (Å²) in [5.74, 6) is 1.99. The lowest BCUT2D eigenvalue weighted by Crippen LogP contribution is -2.44. The molecule has 3 aliphatic heterocycles. The van der Waals surface area contributed by atoms with Crippen LogP contribution >= 0.6 is 12.4 Å². The number of aromatic nitrogens is 2. The summed E-state index contributed by atoms with van der Waals surface area (Å²) in [5.41, 5.74) is 0.799. The summed E-state index contributed by atoms with van der Waals surface area (Å²) >= 11 is 0. The van der Waals surface area contributed by atoms with Crippen LogP contribution in [0, 0.1) is 0 Å². The first-order valence-corrected chi connectivity index (χ1v) is 9.66. The maximum Gasteiger partial charge on any atom is 0.239 e. The Balaban J connectivity index is 0.00000205. The van der Waals surface area contributed by atoms with Crippen molar-refractivity contribution in [3.63, 3.8) is 0 Å². The third-order valence-electron chi connectivity index (χ3n) is 5.61. The minimum atomic E-state index is -0.406. The van der Waals surface area contributed by atoms with E-state index in [9.17, 15) is 4.79 Å². The SMILES string of the molecule is CN1CCNCC1c1noc(C2CCN(c3ccc4c(c3)OCCO4)C2=O)n1.Cl. The van der Waals surface area contributed by atoms with Crippen LogP contribution in [0.2, 0.25) is 0 Å². The monoisotopic (exact) mass is 421 g/mol. The number of likely N-dealkylation sites (N-methyl/N-ethyl adjacent to an activating group) is 1. The van der Waals surface area contributed by atoms with E-state index in [1.807, 2.05) is 25.2 Å². The molecule has 2 saturated heterocycles. The van der Waals surface area contributed by atoms with Gasteiger partial charge in [0, 0.05) is 37.9 Å². The quantitative estimate of drug-likeness (QED) is 0.794. The summed E-state index contributed by atoms with van der Waals surface area (Å²) in [4.78, 5) is 21.5. The Morgan fingerprint density at radius 3 is 2.83 bits per heavy atom. The molecule has 2 fully saturated rings. The number of fused-ring (bicyclic) bond motifs is 1. The molecule has 0 saturated carbocycles. The molecular formula is C19H24ClN5O4. The van der Waals surface area contributed by atoms with Gasteiger partial charge in [-0.05, 0) is 25.6 Å². The second kappa shape index (κ2) is 8.17. The fourth-order valence-corrected chi connectivity index (χ4v) is 3.98. The van der Waals surface area contributed by atoms with Crippen LogP contribution < -0.4 is 19.7 Å². The van der Waals surface area contributed by atoms with E-state index in [-0.39, 0.29) is 24.4 Å². The van der Waals surface area contributed by atoms with Crippen molar-refractivity contribution in [2.24, 2.45) is 0 Å². The predicted octanol–water partition coefficient (Wildman–Crippen LogP) is 1.36. The van der Waals surface area contributed by atoms with Gasteiger partial charge in [0.1, 0.15) is 19.1 Å². The van der Waals surface area contributed by atoms with Gasteiger partial charge < -0.3 is 24.2 Å². The molecule has 156 valence electrons. The largest absolute Gasteiger partial charge is 0.486 e. The van der Waals surface area contributed by atoms with Crippen molar-refractivity contribution in [3.8, 4) is 11.5 Å². The number of piperazine rings is 1. The van der Waals surface area contributed by atoms with Crippen molar-refractivity contribution in [1.82, 2.24) is 20.4 Å². The Labute approximate surface area is 174 Å². The van der Waals surface area contributed by atoms with Gasteiger partial charge in [-0.3, -0.25) is 9.69 Å². The molecule has 10 heteroatoms. The summed E-state index contributed by atoms with van der Waals surface area (Å²) in [6.07, 6.45) is 0.646. The zero-order valence-electron chi connectivity index (χ0n) is 16.2. The molecule has 5 rings (SSSR count). The average Bonchev–Trinajstić information content (AvgIpc) is 3.35. The lowest BCUT2D eigenvalue weighted by molar-refractivity contribution is -0.118. The van der Waals surface area contributed by atoms with Gasteiger partial charge in [-0.15, -0.1) is 12.4 Å². The number of benzene rings is 1. The van der Waals surface area contributed by atoms with Gasteiger partial charge in [-0.2, -0.15) is 4.98 Å². The van der Waals surface area contributed by atoms with Crippen molar-refractivity contribution in [2.75, 3.05) is 51.3 Å². The Hall–Kier alpha value is -2.36. The molecule has 0 radical (unpaired) electrons. The second-order valence-corrected chi connectivity index (χ2v) is 7.35. The number of anilines is 1. The normalized spacial score (nSPS) is 24.4. The van der Waals surface area contributed by atoms with Gasteiger partial charge in [0.05, 0.1) is 6.04 Å². The maximum atomic E-state index is 13.0. The second-order valence-electron chi connectivity index (χ2n) is 7.35. The fraction of sp³-hybridized carbons (Fsp3) is 0.526. The topological polar surface area (TPSA) is 93.0 Å². The number of hydrogen-bond acceptors (Lipinski definition) is 8. The van der Waals surface area contributed by atoms with Crippen LogP contribution in [0.5, 0.6) is 11.5 Å². The molecule has 0 bridgehead atoms. The zero-order chi connectivity index (χ0) is 19.1. The molecule has 1 aromatic heterocycles. The number of ether oxygens (including phenoxy) is 2. The van der Waals surface area contributed by atoms with Crippen LogP contribution in [0.3, 0.4) is 0 Å². The molecule has 1 aromatic carbocycles. The maximum absolute atomic E-state index is 13.0. The molecule has 1 amide bonds. The van der Waals surface area contributed by atoms with Gasteiger partial charge in [0.25, 0.3) is 0 Å². The summed E-state index contributed by atoms with van der Waals surface area (Å²) in [5, 5.41) is 7.49. The number of hydrogen-bond donors (Lipinski definition) is 1. The number of amides is 1. The third kappa shape index (κ3) is 3.65. The van der Waals surface area contributed by atoms with Crippen molar-refractivity contribution < 1.29 is 18.8 Å². The lowest BCUT2D eigenvalue weighted by Gasteiger charge is -2.30. The van der Waals surface area contributed by atoms with Crippen molar-refractivity contribution in [2.45, 2.75) is 18.4 Å². The van der Waals surface area contributed by atoms with Crippen LogP contribution in [-0.4, -0.2) is 67.4 Å². The number of rotatable bonds is 3. The highest BCUT2D eigenvalue weighted by Crippen LogP contribution is 2.37. The zero-order valence-corrected chi connectivity index (χ0v) is 17.0. The molecule has 2 atom stereocenters. The molecule has 3 aliphatic rings. The minimum Gasteiger partial charge on any atom is -0.486 e. The van der Waals surface area contributed by atoms with Gasteiger partial charge in [0.15, 0.2) is 17.3 Å². The Morgan fingerprint density at radius 1 is 1.17 bits per heavy atom. The number of nitrogens with zero attached hydrogens (tertiary/aromatic N) is 4. The molecule has 2 aromatic rings. The Kier molecular flexibility index (Phi) is 5.62. The van der Waals surface area contributed by atoms with E-state index in [0.29, 0.717) is 49.4 Å². The van der Waals surface area contributed by atoms with E-state index in [1.54, 1.807) is 4.90 Å². The van der Waals surface area contributed by atoms with Crippen LogP contribution in [0.15, 0.2) is 22.7 Å². The number of halogens is 1. The summed E-state index contributed by atoms with van der Waals surface area (Å²) < 4.78 is 16.7. The Bertz CT molecular complexity index is 891. The standard InChI is InChI=1S/C19H23N5O4.ClH/c1-23-7-5-20-11-14(23)17-21-18(28-22-17)13-4-6-24(19(13)25)12-2-3-15-16(10-12)27-9-8-26-15;/h2-3,10,13-14,20H,4-9,11H2,1H3;1H. The number of carbonyl (C=O) groups is 1. The molecule has 1 N–H and O–H groups in total. The molecular weight excluding hydrogens is 398 g/mol. The van der Waals surface area contributed by atoms with E-state index >= 15 is 0 Å². The minimum absolute atomic E-state index is 0. The predicted molar refractivity (Wildman–Crippen MR) is 107 cm³/mol. The number of carbonyl (C=O) groups excluding carboxylic acids is 1. The highest BCUT2D eigenvalue weighted by Gasteiger charge is 2.38. The molecule has 0 aliphatic carbocycles. The Morgan fingerprint density at radius 2 is 2.00 bits per heavy atom. The van der Waals surface area contributed by atoms with E-state index in [0.717, 1.165) is 25.3 Å². The van der Waals surface area contributed by atoms with Crippen LogP contribution in [0.25, 0.3) is 0 Å². The fourth-order valence-electron chi connectivity index (χ4n) is 3.98. The first-order chi connectivity index (χ1) is 13.7. The highest BCUT2D eigenvalue weighted by molar-refractivity contribution is 6.00. The van der Waals surface area contributed by atoms with Crippen molar-refractivity contribution in [1.29, 1.82) is 0 Å². The van der Waals surface area contributed by atoms with E-state index < -0.39 is 5.92 Å². The summed E-state index contributed by atoms with van der Waals surface area (Å²) in [7, 11) is 2.05. The average molecular weight is 422 g/mol. The van der Waals surface area contributed by atoms with E-state index in [1.165, 1.54) is 0 Å². The lowest BCUT2D eigenvalue weighted by atomic mass is 10.1. The summed E-state index contributed by atoms with van der Waals surface area (Å²) in [6.45, 7) is 4.31. The molecule has 9 nitrogen and oxygen atoms in total. The van der Waals surface area contributed by atoms with E-state index in [4.69, 9.17) is 14.0 Å². The van der Waals surface area contributed by atoms with Crippen molar-refractivity contribution >= 4 is 24.0 Å². The first-order valence-electron chi connectivity index (χ1n) is 9.66. The van der Waals surface area contributed by atoms with Crippen LogP contribution in [0.4, 0.5) is 5.69 Å². The van der Waals surface area contributed by atoms with E-state index in [2.05, 4.69) is 20.4 Å². The van der Waals surface area contributed by atoms with Gasteiger partial charge in [-0.1, -0.05) is 5.16 Å². The van der Waals surface area contributed by atoms with Gasteiger partial charge in [-0.25, -0.2) is 0 Å². The summed E-state index contributed by atoms with van der Waals surface area (Å²) in [6, 6.07) is 5.66. The molecule has 4 heterocycles. The molecule has 2 unspecified atom stereocenters. The van der Waals surface area contributed by atoms with Gasteiger partial charge >= 0.3 is 0 Å².